The van der Waals surface area contributed by atoms with Crippen molar-refractivity contribution in [2.75, 3.05) is 12.4 Å². The van der Waals surface area contributed by atoms with Gasteiger partial charge in [0.2, 0.25) is 0 Å². The lowest BCUT2D eigenvalue weighted by molar-refractivity contribution is 0.101. The van der Waals surface area contributed by atoms with Gasteiger partial charge in [-0.15, -0.1) is 0 Å². The monoisotopic (exact) mass is 267 g/mol. The fraction of sp³-hybridized carbons (Fsp3) is 0.0667. The van der Waals surface area contributed by atoms with Crippen LogP contribution in [0.5, 0.6) is 5.75 Å². The molecule has 1 amide bonds. The van der Waals surface area contributed by atoms with Gasteiger partial charge in [-0.1, -0.05) is 18.2 Å². The lowest BCUT2D eigenvalue weighted by Crippen LogP contribution is -2.13. The summed E-state index contributed by atoms with van der Waals surface area (Å²) in [6.07, 6.45) is 0. The Balaban J connectivity index is 1.88. The van der Waals surface area contributed by atoms with Crippen LogP contribution in [-0.2, 0) is 0 Å². The van der Waals surface area contributed by atoms with Crippen LogP contribution in [0.3, 0.4) is 0 Å². The summed E-state index contributed by atoms with van der Waals surface area (Å²) in [5.41, 5.74) is 2.22. The van der Waals surface area contributed by atoms with Gasteiger partial charge in [0.25, 0.3) is 5.91 Å². The first-order valence-electron chi connectivity index (χ1n) is 6.16. The average Bonchev–Trinajstić information content (AvgIpc) is 2.91. The highest BCUT2D eigenvalue weighted by Crippen LogP contribution is 2.19. The van der Waals surface area contributed by atoms with E-state index in [9.17, 15) is 4.79 Å². The quantitative estimate of drug-likeness (QED) is 0.766. The Kier molecular flexibility index (Phi) is 3.09. The molecule has 0 fully saturated rings. The molecule has 0 aliphatic heterocycles. The van der Waals surface area contributed by atoms with Crippen LogP contribution in [-0.4, -0.2) is 23.0 Å². The van der Waals surface area contributed by atoms with Gasteiger partial charge >= 0.3 is 0 Å². The van der Waals surface area contributed by atoms with E-state index in [4.69, 9.17) is 4.74 Å². The minimum Gasteiger partial charge on any atom is -0.497 e. The Hall–Kier alpha value is -2.82. The van der Waals surface area contributed by atoms with Gasteiger partial charge in [0.05, 0.1) is 18.1 Å². The van der Waals surface area contributed by atoms with Crippen LogP contribution in [0.4, 0.5) is 5.69 Å². The molecule has 0 aliphatic rings. The van der Waals surface area contributed by atoms with Crippen molar-refractivity contribution in [3.8, 4) is 5.75 Å². The highest BCUT2D eigenvalue weighted by molar-refractivity contribution is 6.03. The average molecular weight is 267 g/mol. The van der Waals surface area contributed by atoms with Gasteiger partial charge < -0.3 is 15.0 Å². The van der Waals surface area contributed by atoms with Crippen LogP contribution in [0.25, 0.3) is 11.0 Å². The van der Waals surface area contributed by atoms with Crippen LogP contribution >= 0.6 is 0 Å². The maximum absolute atomic E-state index is 12.1. The molecule has 2 aromatic carbocycles. The predicted octanol–water partition coefficient (Wildman–Crippen LogP) is 2.82. The van der Waals surface area contributed by atoms with E-state index in [1.165, 1.54) is 0 Å². The third-order valence-corrected chi connectivity index (χ3v) is 2.94. The van der Waals surface area contributed by atoms with Crippen molar-refractivity contribution < 1.29 is 9.53 Å². The van der Waals surface area contributed by atoms with Gasteiger partial charge in [-0.25, -0.2) is 4.98 Å². The number of nitrogens with one attached hydrogen (secondary N) is 2. The number of para-hydroxylation sites is 1. The van der Waals surface area contributed by atoms with Crippen LogP contribution in [0, 0.1) is 0 Å². The van der Waals surface area contributed by atoms with E-state index >= 15 is 0 Å². The maximum atomic E-state index is 12.1. The molecule has 3 rings (SSSR count). The third kappa shape index (κ3) is 2.33. The third-order valence-electron chi connectivity index (χ3n) is 2.94. The van der Waals surface area contributed by atoms with Gasteiger partial charge in [0.1, 0.15) is 5.75 Å². The van der Waals surface area contributed by atoms with E-state index in [0.717, 1.165) is 11.2 Å². The standard InChI is InChI=1S/C15H13N3O2/c1-20-11-7-8-12-13(9-11)18-14(17-12)15(19)16-10-5-3-2-4-6-10/h2-9H,1H3,(H,16,19)(H,17,18). The van der Waals surface area contributed by atoms with Crippen molar-refractivity contribution in [3.63, 3.8) is 0 Å². The molecule has 0 saturated carbocycles. The molecule has 20 heavy (non-hydrogen) atoms. The van der Waals surface area contributed by atoms with Crippen LogP contribution in [0.15, 0.2) is 48.5 Å². The summed E-state index contributed by atoms with van der Waals surface area (Å²) < 4.78 is 5.13. The number of hydrogen-bond donors (Lipinski definition) is 2. The molecule has 5 nitrogen and oxygen atoms in total. The van der Waals surface area contributed by atoms with E-state index in [1.807, 2.05) is 42.5 Å². The minimum atomic E-state index is -0.272. The zero-order valence-corrected chi connectivity index (χ0v) is 10.9. The van der Waals surface area contributed by atoms with E-state index in [0.29, 0.717) is 11.3 Å². The zero-order valence-electron chi connectivity index (χ0n) is 10.9. The number of H-pyrrole nitrogens is 1. The number of hydrogen-bond acceptors (Lipinski definition) is 3. The fourth-order valence-electron chi connectivity index (χ4n) is 1.93. The molecule has 0 spiro atoms. The maximum Gasteiger partial charge on any atom is 0.291 e. The molecule has 1 heterocycles. The molecule has 2 N–H and O–H groups in total. The van der Waals surface area contributed by atoms with Crippen molar-refractivity contribution in [1.82, 2.24) is 9.97 Å². The number of carbonyl (C=O) groups excluding carboxylic acids is 1. The number of benzene rings is 2. The number of nitrogens with zero attached hydrogens (tertiary/aromatic N) is 1. The lowest BCUT2D eigenvalue weighted by atomic mass is 10.3. The summed E-state index contributed by atoms with van der Waals surface area (Å²) >= 11 is 0. The lowest BCUT2D eigenvalue weighted by Gasteiger charge is -2.01. The first kappa shape index (κ1) is 12.2. The van der Waals surface area contributed by atoms with E-state index < -0.39 is 0 Å². The number of aromatic amines is 1. The number of aromatic nitrogens is 2. The summed E-state index contributed by atoms with van der Waals surface area (Å²) in [6.45, 7) is 0. The highest BCUT2D eigenvalue weighted by Gasteiger charge is 2.12. The van der Waals surface area contributed by atoms with Gasteiger partial charge in [0.15, 0.2) is 5.82 Å². The molecule has 5 heteroatoms. The van der Waals surface area contributed by atoms with Crippen molar-refractivity contribution in [2.45, 2.75) is 0 Å². The Morgan fingerprint density at radius 1 is 1.20 bits per heavy atom. The summed E-state index contributed by atoms with van der Waals surface area (Å²) in [5, 5.41) is 2.78. The molecular formula is C15H13N3O2. The summed E-state index contributed by atoms with van der Waals surface area (Å²) in [7, 11) is 1.59. The van der Waals surface area contributed by atoms with Crippen molar-refractivity contribution in [1.29, 1.82) is 0 Å². The molecule has 0 bridgehead atoms. The van der Waals surface area contributed by atoms with Crippen LogP contribution in [0.1, 0.15) is 10.6 Å². The van der Waals surface area contributed by atoms with E-state index in [-0.39, 0.29) is 11.7 Å². The Morgan fingerprint density at radius 2 is 2.00 bits per heavy atom. The normalized spacial score (nSPS) is 10.4. The summed E-state index contributed by atoms with van der Waals surface area (Å²) in [6, 6.07) is 14.7. The number of anilines is 1. The van der Waals surface area contributed by atoms with Gasteiger partial charge in [-0.3, -0.25) is 4.79 Å². The second kappa shape index (κ2) is 5.05. The number of carbonyl (C=O) groups is 1. The number of imidazole rings is 1. The SMILES string of the molecule is COc1ccc2[nH]c(C(=O)Nc3ccccc3)nc2c1. The molecule has 3 aromatic rings. The summed E-state index contributed by atoms with van der Waals surface area (Å²) in [4.78, 5) is 19.4. The molecule has 0 saturated heterocycles. The Morgan fingerprint density at radius 3 is 2.75 bits per heavy atom. The molecule has 0 aliphatic carbocycles. The molecule has 100 valence electrons. The number of amides is 1. The van der Waals surface area contributed by atoms with Crippen molar-refractivity contribution in [2.24, 2.45) is 0 Å². The molecular weight excluding hydrogens is 254 g/mol. The van der Waals surface area contributed by atoms with Crippen molar-refractivity contribution in [3.05, 3.63) is 54.4 Å². The zero-order chi connectivity index (χ0) is 13.9. The number of methoxy groups -OCH3 is 1. The minimum absolute atomic E-state index is 0.272. The topological polar surface area (TPSA) is 67.0 Å². The van der Waals surface area contributed by atoms with Gasteiger partial charge in [0, 0.05) is 11.8 Å². The Labute approximate surface area is 115 Å². The molecule has 0 atom stereocenters. The first-order valence-corrected chi connectivity index (χ1v) is 6.16. The van der Waals surface area contributed by atoms with E-state index in [2.05, 4.69) is 15.3 Å². The first-order chi connectivity index (χ1) is 9.76. The van der Waals surface area contributed by atoms with E-state index in [1.54, 1.807) is 13.2 Å². The highest BCUT2D eigenvalue weighted by atomic mass is 16.5. The van der Waals surface area contributed by atoms with Crippen molar-refractivity contribution >= 4 is 22.6 Å². The smallest absolute Gasteiger partial charge is 0.291 e. The predicted molar refractivity (Wildman–Crippen MR) is 77.0 cm³/mol. The largest absolute Gasteiger partial charge is 0.497 e. The van der Waals surface area contributed by atoms with Crippen LogP contribution in [0.2, 0.25) is 0 Å². The second-order valence-electron chi connectivity index (χ2n) is 4.29. The second-order valence-corrected chi connectivity index (χ2v) is 4.29. The number of fused-ring (bicyclic) bond motifs is 1. The summed E-state index contributed by atoms with van der Waals surface area (Å²) in [5.74, 6) is 0.711. The Bertz CT molecular complexity index is 750. The van der Waals surface area contributed by atoms with Gasteiger partial charge in [-0.2, -0.15) is 0 Å². The number of rotatable bonds is 3. The number of ether oxygens (including phenoxy) is 1. The molecule has 0 unspecified atom stereocenters. The molecule has 1 aromatic heterocycles. The van der Waals surface area contributed by atoms with Gasteiger partial charge in [-0.05, 0) is 24.3 Å². The molecule has 0 radical (unpaired) electrons. The van der Waals surface area contributed by atoms with Crippen LogP contribution < -0.4 is 10.1 Å². The fourth-order valence-corrected chi connectivity index (χ4v) is 1.93.